The fraction of sp³-hybridized carbons (Fsp3) is 0.417. The highest BCUT2D eigenvalue weighted by atomic mass is 32.2. The lowest BCUT2D eigenvalue weighted by molar-refractivity contribution is -0.385. The molecule has 1 rings (SSSR count). The molecule has 0 saturated carbocycles. The highest BCUT2D eigenvalue weighted by Crippen LogP contribution is 2.21. The number of amides is 1. The van der Waals surface area contributed by atoms with Crippen LogP contribution in [0, 0.1) is 10.1 Å². The first-order chi connectivity index (χ1) is 9.46. The molecule has 0 aromatic heterocycles. The van der Waals surface area contributed by atoms with E-state index in [4.69, 9.17) is 5.73 Å². The number of sulfone groups is 1. The summed E-state index contributed by atoms with van der Waals surface area (Å²) in [4.78, 5) is 21.9. The maximum atomic E-state index is 12.1. The summed E-state index contributed by atoms with van der Waals surface area (Å²) >= 11 is 0. The van der Waals surface area contributed by atoms with Crippen LogP contribution in [0.5, 0.6) is 0 Å². The summed E-state index contributed by atoms with van der Waals surface area (Å²) in [5.41, 5.74) is 4.21. The second-order valence-electron chi connectivity index (χ2n) is 5.29. The molecule has 3 N–H and O–H groups in total. The number of benzene rings is 1. The first-order valence-electron chi connectivity index (χ1n) is 5.98. The normalized spacial score (nSPS) is 12.0. The minimum absolute atomic E-state index is 0.105. The number of hydrogen-bond donors (Lipinski definition) is 2. The number of nitro benzene ring substituents is 1. The van der Waals surface area contributed by atoms with Gasteiger partial charge in [0.2, 0.25) is 0 Å². The van der Waals surface area contributed by atoms with Gasteiger partial charge >= 0.3 is 0 Å². The zero-order chi connectivity index (χ0) is 16.4. The van der Waals surface area contributed by atoms with Crippen LogP contribution in [0.2, 0.25) is 0 Å². The van der Waals surface area contributed by atoms with Gasteiger partial charge in [0.15, 0.2) is 9.84 Å². The number of carbonyl (C=O) groups excluding carboxylic acids is 1. The summed E-state index contributed by atoms with van der Waals surface area (Å²) in [6.45, 7) is 3.52. The summed E-state index contributed by atoms with van der Waals surface area (Å²) in [5.74, 6) is -0.626. The molecule has 0 heterocycles. The van der Waals surface area contributed by atoms with Crippen molar-refractivity contribution in [1.29, 1.82) is 0 Å². The van der Waals surface area contributed by atoms with E-state index in [1.54, 1.807) is 13.8 Å². The summed E-state index contributed by atoms with van der Waals surface area (Å²) < 4.78 is 23.1. The summed E-state index contributed by atoms with van der Waals surface area (Å²) in [6.07, 6.45) is 0.914. The summed E-state index contributed by atoms with van der Waals surface area (Å²) in [7, 11) is -3.67. The zero-order valence-corrected chi connectivity index (χ0v) is 12.7. The molecule has 0 radical (unpaired) electrons. The van der Waals surface area contributed by atoms with Crippen molar-refractivity contribution in [2.24, 2.45) is 5.73 Å². The van der Waals surface area contributed by atoms with Gasteiger partial charge in [0, 0.05) is 36.0 Å². The predicted molar refractivity (Wildman–Crippen MR) is 76.8 cm³/mol. The molecule has 0 aliphatic carbocycles. The maximum absolute atomic E-state index is 12.1. The smallest absolute Gasteiger partial charge is 0.271 e. The second kappa shape index (κ2) is 5.78. The fourth-order valence-corrected chi connectivity index (χ4v) is 2.14. The SMILES string of the molecule is CC(C)(CN)NC(=O)c1cc([N+](=O)[O-])cc(S(C)(=O)=O)c1. The molecule has 116 valence electrons. The number of nitrogens with zero attached hydrogens (tertiary/aromatic N) is 1. The van der Waals surface area contributed by atoms with E-state index in [0.717, 1.165) is 24.5 Å². The van der Waals surface area contributed by atoms with Gasteiger partial charge in [-0.25, -0.2) is 8.42 Å². The monoisotopic (exact) mass is 315 g/mol. The first kappa shape index (κ1) is 17.1. The third kappa shape index (κ3) is 4.50. The number of non-ortho nitro benzene ring substituents is 1. The molecule has 0 spiro atoms. The predicted octanol–water partition coefficient (Wildman–Crippen LogP) is 0.465. The van der Waals surface area contributed by atoms with Crippen LogP contribution in [-0.2, 0) is 9.84 Å². The standard InChI is InChI=1S/C12H17N3O5S/c1-12(2,7-13)14-11(16)8-4-9(15(17)18)6-10(5-8)21(3,19)20/h4-6H,7,13H2,1-3H3,(H,14,16). The maximum Gasteiger partial charge on any atom is 0.271 e. The summed E-state index contributed by atoms with van der Waals surface area (Å²) in [6, 6.07) is 3.04. The van der Waals surface area contributed by atoms with E-state index in [9.17, 15) is 23.3 Å². The Hall–Kier alpha value is -2.00. The molecule has 21 heavy (non-hydrogen) atoms. The van der Waals surface area contributed by atoms with Crippen molar-refractivity contribution < 1.29 is 18.1 Å². The number of nitrogens with one attached hydrogen (secondary N) is 1. The van der Waals surface area contributed by atoms with Gasteiger partial charge in [0.25, 0.3) is 11.6 Å². The Labute approximate surface area is 122 Å². The molecule has 0 bridgehead atoms. The molecule has 8 nitrogen and oxygen atoms in total. The number of hydrogen-bond acceptors (Lipinski definition) is 6. The largest absolute Gasteiger partial charge is 0.346 e. The van der Waals surface area contributed by atoms with Gasteiger partial charge in [-0.15, -0.1) is 0 Å². The molecule has 0 atom stereocenters. The molecule has 1 amide bonds. The van der Waals surface area contributed by atoms with Crippen LogP contribution in [-0.4, -0.2) is 37.6 Å². The van der Waals surface area contributed by atoms with Gasteiger partial charge in [-0.3, -0.25) is 14.9 Å². The van der Waals surface area contributed by atoms with Crippen molar-refractivity contribution in [3.8, 4) is 0 Å². The van der Waals surface area contributed by atoms with E-state index in [2.05, 4.69) is 5.32 Å². The van der Waals surface area contributed by atoms with E-state index >= 15 is 0 Å². The Kier molecular flexibility index (Phi) is 4.69. The minimum Gasteiger partial charge on any atom is -0.346 e. The van der Waals surface area contributed by atoms with E-state index in [0.29, 0.717) is 0 Å². The molecular weight excluding hydrogens is 298 g/mol. The quantitative estimate of drug-likeness (QED) is 0.599. The number of nitrogens with two attached hydrogens (primary N) is 1. The molecule has 0 unspecified atom stereocenters. The van der Waals surface area contributed by atoms with Gasteiger partial charge in [-0.1, -0.05) is 0 Å². The lowest BCUT2D eigenvalue weighted by Gasteiger charge is -2.24. The lowest BCUT2D eigenvalue weighted by atomic mass is 10.1. The molecule has 0 fully saturated rings. The summed E-state index contributed by atoms with van der Waals surface area (Å²) in [5, 5.41) is 13.4. The minimum atomic E-state index is -3.67. The number of rotatable bonds is 5. The van der Waals surface area contributed by atoms with E-state index < -0.39 is 31.9 Å². The fourth-order valence-electron chi connectivity index (χ4n) is 1.46. The van der Waals surface area contributed by atoms with Gasteiger partial charge in [0.1, 0.15) is 0 Å². The Bertz CT molecular complexity index is 682. The van der Waals surface area contributed by atoms with Crippen LogP contribution < -0.4 is 11.1 Å². The molecule has 1 aromatic rings. The van der Waals surface area contributed by atoms with Crippen LogP contribution in [0.15, 0.2) is 23.1 Å². The molecule has 0 aliphatic rings. The zero-order valence-electron chi connectivity index (χ0n) is 11.9. The van der Waals surface area contributed by atoms with Crippen molar-refractivity contribution in [3.05, 3.63) is 33.9 Å². The average Bonchev–Trinajstić information content (AvgIpc) is 2.36. The second-order valence-corrected chi connectivity index (χ2v) is 7.30. The Balaban J connectivity index is 3.33. The Morgan fingerprint density at radius 2 is 1.95 bits per heavy atom. The molecule has 9 heteroatoms. The number of nitro groups is 1. The van der Waals surface area contributed by atoms with Gasteiger partial charge in [-0.05, 0) is 19.9 Å². The van der Waals surface area contributed by atoms with Gasteiger partial charge < -0.3 is 11.1 Å². The van der Waals surface area contributed by atoms with Crippen LogP contribution in [0.1, 0.15) is 24.2 Å². The van der Waals surface area contributed by atoms with Crippen LogP contribution in [0.3, 0.4) is 0 Å². The average molecular weight is 315 g/mol. The van der Waals surface area contributed by atoms with Crippen LogP contribution >= 0.6 is 0 Å². The highest BCUT2D eigenvalue weighted by molar-refractivity contribution is 7.90. The number of carbonyl (C=O) groups is 1. The van der Waals surface area contributed by atoms with Gasteiger partial charge in [0.05, 0.1) is 9.82 Å². The Morgan fingerprint density at radius 3 is 2.38 bits per heavy atom. The van der Waals surface area contributed by atoms with E-state index in [-0.39, 0.29) is 17.0 Å². The molecule has 0 saturated heterocycles. The van der Waals surface area contributed by atoms with Crippen molar-refractivity contribution in [2.45, 2.75) is 24.3 Å². The first-order valence-corrected chi connectivity index (χ1v) is 7.87. The highest BCUT2D eigenvalue weighted by Gasteiger charge is 2.23. The van der Waals surface area contributed by atoms with Crippen LogP contribution in [0.25, 0.3) is 0 Å². The van der Waals surface area contributed by atoms with Crippen molar-refractivity contribution in [1.82, 2.24) is 5.32 Å². The van der Waals surface area contributed by atoms with E-state index in [1.165, 1.54) is 0 Å². The van der Waals surface area contributed by atoms with E-state index in [1.807, 2.05) is 0 Å². The van der Waals surface area contributed by atoms with Crippen molar-refractivity contribution in [2.75, 3.05) is 12.8 Å². The topological polar surface area (TPSA) is 132 Å². The third-order valence-corrected chi connectivity index (χ3v) is 3.85. The molecule has 1 aromatic carbocycles. The third-order valence-electron chi connectivity index (χ3n) is 2.75. The lowest BCUT2D eigenvalue weighted by Crippen LogP contribution is -2.48. The van der Waals surface area contributed by atoms with Gasteiger partial charge in [-0.2, -0.15) is 0 Å². The van der Waals surface area contributed by atoms with Crippen LogP contribution in [0.4, 0.5) is 5.69 Å². The van der Waals surface area contributed by atoms with Crippen molar-refractivity contribution in [3.63, 3.8) is 0 Å². The Morgan fingerprint density at radius 1 is 1.38 bits per heavy atom. The molecular formula is C12H17N3O5S. The van der Waals surface area contributed by atoms with Crippen molar-refractivity contribution >= 4 is 21.4 Å². The molecule has 0 aliphatic heterocycles.